The van der Waals surface area contributed by atoms with E-state index in [-0.39, 0.29) is 0 Å². The molecule has 0 fully saturated rings. The zero-order valence-corrected chi connectivity index (χ0v) is 27.3. The highest BCUT2D eigenvalue weighted by molar-refractivity contribution is 7.26. The monoisotopic (exact) mass is 662 g/mol. The van der Waals surface area contributed by atoms with Gasteiger partial charge < -0.3 is 0 Å². The average Bonchev–Trinajstić information content (AvgIpc) is 3.95. The summed E-state index contributed by atoms with van der Waals surface area (Å²) in [6.45, 7) is 0. The zero-order valence-electron chi connectivity index (χ0n) is 25.7. The van der Waals surface area contributed by atoms with Gasteiger partial charge in [0, 0.05) is 36.3 Å². The minimum Gasteiger partial charge on any atom is -0.290 e. The summed E-state index contributed by atoms with van der Waals surface area (Å²) in [7, 11) is 0. The van der Waals surface area contributed by atoms with Crippen molar-refractivity contribution in [3.63, 3.8) is 0 Å². The Kier molecular flexibility index (Phi) is 4.91. The first-order chi connectivity index (χ1) is 24.3. The first-order valence-electron chi connectivity index (χ1n) is 16.2. The van der Waals surface area contributed by atoms with Gasteiger partial charge in [-0.25, -0.2) is 15.0 Å². The van der Waals surface area contributed by atoms with Crippen LogP contribution in [0.2, 0.25) is 0 Å². The second-order valence-electron chi connectivity index (χ2n) is 12.5. The van der Waals surface area contributed by atoms with Crippen molar-refractivity contribution in [1.29, 1.82) is 0 Å². The van der Waals surface area contributed by atoms with E-state index in [1.807, 2.05) is 11.3 Å². The van der Waals surface area contributed by atoms with Crippen molar-refractivity contribution >= 4 is 113 Å². The highest BCUT2D eigenvalue weighted by Crippen LogP contribution is 2.43. The molecule has 0 aliphatic rings. The van der Waals surface area contributed by atoms with Gasteiger partial charge in [0.05, 0.1) is 48.2 Å². The Labute approximate surface area is 285 Å². The summed E-state index contributed by atoms with van der Waals surface area (Å²) in [4.78, 5) is 15.4. The molecule has 0 saturated heterocycles. The van der Waals surface area contributed by atoms with Crippen molar-refractivity contribution in [2.24, 2.45) is 0 Å². The third kappa shape index (κ3) is 3.27. The van der Waals surface area contributed by atoms with Gasteiger partial charge >= 0.3 is 0 Å². The molecule has 0 unspecified atom stereocenters. The van der Waals surface area contributed by atoms with Crippen LogP contribution in [0.4, 0.5) is 0 Å². The molecule has 12 rings (SSSR count). The molecule has 0 radical (unpaired) electrons. The van der Waals surface area contributed by atoms with Crippen molar-refractivity contribution in [3.05, 3.63) is 134 Å². The minimum absolute atomic E-state index is 0.880. The number of imidazole rings is 2. The topological polar surface area (TPSA) is 52.9 Å². The summed E-state index contributed by atoms with van der Waals surface area (Å²) in [5, 5.41) is 6.03. The Hall–Kier alpha value is -6.09. The van der Waals surface area contributed by atoms with Crippen LogP contribution in [0, 0.1) is 0 Å². The number of nitrogens with zero attached hydrogens (tertiary/aromatic N) is 6. The van der Waals surface area contributed by atoms with Crippen LogP contribution in [0.1, 0.15) is 0 Å². The molecule has 6 nitrogen and oxygen atoms in total. The Morgan fingerprint density at radius 1 is 0.449 bits per heavy atom. The van der Waals surface area contributed by atoms with Gasteiger partial charge in [0.15, 0.2) is 5.82 Å². The second-order valence-corrected chi connectivity index (χ2v) is 14.6. The predicted octanol–water partition coefficient (Wildman–Crippen LogP) is 11.1. The maximum atomic E-state index is 5.59. The first-order valence-corrected chi connectivity index (χ1v) is 17.8. The van der Waals surface area contributed by atoms with Gasteiger partial charge in [-0.3, -0.25) is 13.5 Å². The fraction of sp³-hybridized carbons (Fsp3) is 0. The summed E-state index contributed by atoms with van der Waals surface area (Å²) in [5.41, 5.74) is 8.52. The maximum absolute atomic E-state index is 5.59. The van der Waals surface area contributed by atoms with E-state index in [0.29, 0.717) is 0 Å². The largest absolute Gasteiger partial charge is 0.290 e. The molecule has 0 aliphatic carbocycles. The smallest absolute Gasteiger partial charge is 0.220 e. The molecular formula is C41H22N6S2. The molecule has 0 saturated carbocycles. The van der Waals surface area contributed by atoms with E-state index in [1.54, 1.807) is 17.7 Å². The quantitative estimate of drug-likeness (QED) is 0.185. The third-order valence-electron chi connectivity index (χ3n) is 9.98. The normalized spacial score (nSPS) is 12.5. The second kappa shape index (κ2) is 9.29. The lowest BCUT2D eigenvalue weighted by Crippen LogP contribution is -1.99. The molecule has 6 aromatic heterocycles. The van der Waals surface area contributed by atoms with E-state index in [1.165, 1.54) is 30.3 Å². The lowest BCUT2D eigenvalue weighted by molar-refractivity contribution is 1.08. The van der Waals surface area contributed by atoms with Gasteiger partial charge in [-0.2, -0.15) is 0 Å². The number of benzene rings is 6. The number of aromatic nitrogens is 6. The van der Waals surface area contributed by atoms with Crippen LogP contribution in [0.15, 0.2) is 134 Å². The molecule has 0 atom stereocenters. The van der Waals surface area contributed by atoms with Gasteiger partial charge in [0.25, 0.3) is 0 Å². The fourth-order valence-corrected chi connectivity index (χ4v) is 10.3. The molecule has 0 aliphatic heterocycles. The van der Waals surface area contributed by atoms with Crippen molar-refractivity contribution in [2.45, 2.75) is 0 Å². The van der Waals surface area contributed by atoms with Gasteiger partial charge in [0.1, 0.15) is 11.8 Å². The van der Waals surface area contributed by atoms with E-state index in [9.17, 15) is 0 Å². The number of hydrogen-bond acceptors (Lipinski definition) is 5. The van der Waals surface area contributed by atoms with Crippen LogP contribution in [-0.4, -0.2) is 28.5 Å². The number of hydrogen-bond donors (Lipinski definition) is 0. The first kappa shape index (κ1) is 25.9. The highest BCUT2D eigenvalue weighted by atomic mass is 32.1. The summed E-state index contributed by atoms with van der Waals surface area (Å²) < 4.78 is 11.8. The van der Waals surface area contributed by atoms with Crippen LogP contribution in [0.3, 0.4) is 0 Å². The molecule has 6 aromatic carbocycles. The van der Waals surface area contributed by atoms with Crippen LogP contribution in [0.25, 0.3) is 102 Å². The Balaban J connectivity index is 1.26. The van der Waals surface area contributed by atoms with Gasteiger partial charge in [-0.1, -0.05) is 78.9 Å². The van der Waals surface area contributed by atoms with Crippen molar-refractivity contribution in [2.75, 3.05) is 0 Å². The average molecular weight is 663 g/mol. The van der Waals surface area contributed by atoms with Crippen LogP contribution in [-0.2, 0) is 0 Å². The maximum Gasteiger partial charge on any atom is 0.220 e. The molecule has 0 amide bonds. The molecule has 0 spiro atoms. The Bertz CT molecular complexity index is 3350. The molecule has 49 heavy (non-hydrogen) atoms. The van der Waals surface area contributed by atoms with E-state index >= 15 is 0 Å². The lowest BCUT2D eigenvalue weighted by atomic mass is 10.1. The van der Waals surface area contributed by atoms with Gasteiger partial charge in [-0.15, -0.1) is 22.7 Å². The van der Waals surface area contributed by atoms with E-state index < -0.39 is 0 Å². The van der Waals surface area contributed by atoms with Crippen LogP contribution in [0.5, 0.6) is 0 Å². The fourth-order valence-electron chi connectivity index (χ4n) is 7.95. The Morgan fingerprint density at radius 3 is 2.02 bits per heavy atom. The Morgan fingerprint density at radius 2 is 1.14 bits per heavy atom. The van der Waals surface area contributed by atoms with Gasteiger partial charge in [0.2, 0.25) is 5.78 Å². The van der Waals surface area contributed by atoms with E-state index in [4.69, 9.17) is 15.0 Å². The van der Waals surface area contributed by atoms with Gasteiger partial charge in [-0.05, 0) is 48.5 Å². The third-order valence-corrected chi connectivity index (χ3v) is 12.3. The van der Waals surface area contributed by atoms with Crippen LogP contribution >= 0.6 is 22.7 Å². The van der Waals surface area contributed by atoms with Crippen molar-refractivity contribution in [3.8, 4) is 11.5 Å². The molecule has 0 N–H and O–H groups in total. The molecule has 8 heteroatoms. The standard InChI is InChI=1S/C41H22N6S2/c1-4-14-28-23(10-1)25-20-21-31-36(37(25)47(28)40-39-35(42-22-43-40)27-12-3-8-19-34(27)49-39)44-41-45(31)29-15-5-6-16-30(29)46(41)32-17-9-13-26-24-11-2-7-18-33(24)48-38(26)32/h1-22H. The highest BCUT2D eigenvalue weighted by Gasteiger charge is 2.25. The van der Waals surface area contributed by atoms with Crippen LogP contribution < -0.4 is 0 Å². The summed E-state index contributed by atoms with van der Waals surface area (Å²) in [5.74, 6) is 1.77. The summed E-state index contributed by atoms with van der Waals surface area (Å²) >= 11 is 3.59. The summed E-state index contributed by atoms with van der Waals surface area (Å²) in [6, 6.07) is 45.6. The minimum atomic E-state index is 0.880. The van der Waals surface area contributed by atoms with Crippen molar-refractivity contribution < 1.29 is 0 Å². The number of para-hydroxylation sites is 3. The lowest BCUT2D eigenvalue weighted by Gasteiger charge is -2.08. The molecule has 0 bridgehead atoms. The number of rotatable bonds is 2. The van der Waals surface area contributed by atoms with E-state index in [2.05, 4.69) is 141 Å². The molecule has 6 heterocycles. The number of fused-ring (bicyclic) bond motifs is 15. The number of thiophene rings is 2. The van der Waals surface area contributed by atoms with E-state index in [0.717, 1.165) is 71.4 Å². The zero-order chi connectivity index (χ0) is 31.8. The SMILES string of the molecule is c1ccc2c(c1)sc1c(-n3c4ccccc4n4c5ccc6c7ccccc7n(-c7ncnc8c7sc7ccccc78)c6c5nc34)cccc12. The van der Waals surface area contributed by atoms with Crippen molar-refractivity contribution in [1.82, 2.24) is 28.5 Å². The molecular weight excluding hydrogens is 641 g/mol. The molecule has 12 aromatic rings. The predicted molar refractivity (Wildman–Crippen MR) is 205 cm³/mol. The molecule has 228 valence electrons. The summed E-state index contributed by atoms with van der Waals surface area (Å²) in [6.07, 6.45) is 1.70.